The maximum atomic E-state index is 12.0. The van der Waals surface area contributed by atoms with Gasteiger partial charge < -0.3 is 14.5 Å². The van der Waals surface area contributed by atoms with Crippen LogP contribution in [0.3, 0.4) is 0 Å². The molecule has 0 unspecified atom stereocenters. The van der Waals surface area contributed by atoms with Gasteiger partial charge in [-0.1, -0.05) is 6.92 Å². The van der Waals surface area contributed by atoms with Crippen LogP contribution in [-0.2, 0) is 6.42 Å². The molecule has 0 fully saturated rings. The number of ether oxygens (including phenoxy) is 1. The number of aryl methyl sites for hydroxylation is 1. The smallest absolute Gasteiger partial charge is 0.422 e. The van der Waals surface area contributed by atoms with Crippen LogP contribution in [0.15, 0.2) is 28.9 Å². The number of furan rings is 1. The van der Waals surface area contributed by atoms with Gasteiger partial charge in [-0.25, -0.2) is 9.97 Å². The summed E-state index contributed by atoms with van der Waals surface area (Å²) in [5.74, 6) is -0.592. The van der Waals surface area contributed by atoms with E-state index in [2.05, 4.69) is 20.0 Å². The molecule has 2 heterocycles. The van der Waals surface area contributed by atoms with Crippen molar-refractivity contribution in [1.29, 1.82) is 0 Å². The van der Waals surface area contributed by atoms with Gasteiger partial charge in [0.15, 0.2) is 12.4 Å². The lowest BCUT2D eigenvalue weighted by atomic mass is 10.4. The zero-order valence-corrected chi connectivity index (χ0v) is 11.5. The Labute approximate surface area is 123 Å². The molecule has 0 aliphatic rings. The number of hydrogen-bond donors (Lipinski definition) is 1. The van der Waals surface area contributed by atoms with Gasteiger partial charge in [0.25, 0.3) is 11.9 Å². The molecule has 118 valence electrons. The Bertz CT molecular complexity index is 638. The van der Waals surface area contributed by atoms with Crippen molar-refractivity contribution in [3.8, 4) is 5.95 Å². The number of anilines is 1. The van der Waals surface area contributed by atoms with Gasteiger partial charge in [-0.05, 0) is 6.07 Å². The maximum Gasteiger partial charge on any atom is 0.422 e. The van der Waals surface area contributed by atoms with Crippen LogP contribution >= 0.6 is 0 Å². The molecule has 2 aromatic rings. The Kier molecular flexibility index (Phi) is 4.64. The van der Waals surface area contributed by atoms with Gasteiger partial charge in [0.1, 0.15) is 5.82 Å². The van der Waals surface area contributed by atoms with E-state index in [0.29, 0.717) is 17.9 Å². The van der Waals surface area contributed by atoms with E-state index in [-0.39, 0.29) is 11.7 Å². The summed E-state index contributed by atoms with van der Waals surface area (Å²) >= 11 is 0. The maximum absolute atomic E-state index is 12.0. The molecule has 0 aliphatic carbocycles. The molecule has 0 saturated heterocycles. The highest BCUT2D eigenvalue weighted by Crippen LogP contribution is 2.21. The topological polar surface area (TPSA) is 77.2 Å². The third-order valence-corrected chi connectivity index (χ3v) is 2.46. The van der Waals surface area contributed by atoms with Crippen molar-refractivity contribution >= 4 is 11.6 Å². The second-order valence-electron chi connectivity index (χ2n) is 4.22. The number of nitrogens with zero attached hydrogens (tertiary/aromatic N) is 2. The molecule has 1 amide bonds. The van der Waals surface area contributed by atoms with Gasteiger partial charge in [0.05, 0.1) is 18.1 Å². The SMILES string of the molecule is CCc1ncc(NC(=O)c2ccc(OCC(F)(F)F)o2)cn1. The van der Waals surface area contributed by atoms with E-state index in [9.17, 15) is 18.0 Å². The largest absolute Gasteiger partial charge is 0.455 e. The zero-order chi connectivity index (χ0) is 16.2. The Morgan fingerprint density at radius 3 is 2.59 bits per heavy atom. The molecule has 0 aliphatic heterocycles. The second-order valence-corrected chi connectivity index (χ2v) is 4.22. The summed E-state index contributed by atoms with van der Waals surface area (Å²) in [6.07, 6.45) is -0.971. The third-order valence-electron chi connectivity index (χ3n) is 2.46. The molecule has 2 aromatic heterocycles. The average Bonchev–Trinajstić information content (AvgIpc) is 2.94. The standard InChI is InChI=1S/C13H12F3N3O3/c1-2-10-17-5-8(6-18-10)19-12(20)9-3-4-11(22-9)21-7-13(14,15)16/h3-6H,2,7H2,1H3,(H,19,20). The first-order chi connectivity index (χ1) is 10.4. The van der Waals surface area contributed by atoms with E-state index in [0.717, 1.165) is 6.07 Å². The van der Waals surface area contributed by atoms with E-state index in [4.69, 9.17) is 4.42 Å². The highest BCUT2D eigenvalue weighted by atomic mass is 19.4. The zero-order valence-electron chi connectivity index (χ0n) is 11.5. The van der Waals surface area contributed by atoms with E-state index >= 15 is 0 Å². The predicted octanol–water partition coefficient (Wildman–Crippen LogP) is 2.83. The summed E-state index contributed by atoms with van der Waals surface area (Å²) < 4.78 is 45.3. The highest BCUT2D eigenvalue weighted by molar-refractivity contribution is 6.02. The van der Waals surface area contributed by atoms with Gasteiger partial charge in [-0.2, -0.15) is 13.2 Å². The van der Waals surface area contributed by atoms with Crippen molar-refractivity contribution in [2.45, 2.75) is 19.5 Å². The lowest BCUT2D eigenvalue weighted by Crippen LogP contribution is -2.19. The van der Waals surface area contributed by atoms with Crippen LogP contribution < -0.4 is 10.1 Å². The Morgan fingerprint density at radius 2 is 2.00 bits per heavy atom. The number of carbonyl (C=O) groups is 1. The van der Waals surface area contributed by atoms with Crippen LogP contribution in [0.25, 0.3) is 0 Å². The lowest BCUT2D eigenvalue weighted by Gasteiger charge is -2.06. The number of nitrogens with one attached hydrogen (secondary N) is 1. The average molecular weight is 315 g/mol. The van der Waals surface area contributed by atoms with Crippen molar-refractivity contribution in [3.05, 3.63) is 36.1 Å². The van der Waals surface area contributed by atoms with Crippen molar-refractivity contribution in [3.63, 3.8) is 0 Å². The molecule has 22 heavy (non-hydrogen) atoms. The minimum absolute atomic E-state index is 0.184. The molecule has 0 spiro atoms. The summed E-state index contributed by atoms with van der Waals surface area (Å²) in [6.45, 7) is 0.396. The Morgan fingerprint density at radius 1 is 1.32 bits per heavy atom. The number of halogens is 3. The van der Waals surface area contributed by atoms with Crippen LogP contribution in [0, 0.1) is 0 Å². The van der Waals surface area contributed by atoms with Crippen LogP contribution in [0.1, 0.15) is 23.3 Å². The monoisotopic (exact) mass is 315 g/mol. The molecule has 0 atom stereocenters. The van der Waals surface area contributed by atoms with Crippen molar-refractivity contribution in [2.24, 2.45) is 0 Å². The molecule has 6 nitrogen and oxygen atoms in total. The van der Waals surface area contributed by atoms with Gasteiger partial charge in [-0.15, -0.1) is 0 Å². The molecule has 1 N–H and O–H groups in total. The molecule has 9 heteroatoms. The molecule has 0 saturated carbocycles. The molecular weight excluding hydrogens is 303 g/mol. The Hall–Kier alpha value is -2.58. The van der Waals surface area contributed by atoms with Crippen LogP contribution in [0.2, 0.25) is 0 Å². The van der Waals surface area contributed by atoms with Crippen LogP contribution in [-0.4, -0.2) is 28.7 Å². The van der Waals surface area contributed by atoms with E-state index in [1.54, 1.807) is 0 Å². The third kappa shape index (κ3) is 4.47. The number of amides is 1. The van der Waals surface area contributed by atoms with E-state index in [1.165, 1.54) is 18.5 Å². The number of hydrogen-bond acceptors (Lipinski definition) is 5. The van der Waals surface area contributed by atoms with E-state index < -0.39 is 18.7 Å². The minimum Gasteiger partial charge on any atom is -0.455 e. The van der Waals surface area contributed by atoms with Crippen LogP contribution in [0.5, 0.6) is 5.95 Å². The minimum atomic E-state index is -4.48. The lowest BCUT2D eigenvalue weighted by molar-refractivity contribution is -0.156. The molecular formula is C13H12F3N3O3. The summed E-state index contributed by atoms with van der Waals surface area (Å²) in [5, 5.41) is 2.46. The van der Waals surface area contributed by atoms with Crippen molar-refractivity contribution < 1.29 is 27.1 Å². The summed E-state index contributed by atoms with van der Waals surface area (Å²) in [7, 11) is 0. The first kappa shape index (κ1) is 15.8. The van der Waals surface area contributed by atoms with Gasteiger partial charge in [0.2, 0.25) is 0 Å². The second kappa shape index (κ2) is 6.46. The first-order valence-electron chi connectivity index (χ1n) is 6.29. The fourth-order valence-corrected chi connectivity index (χ4v) is 1.47. The van der Waals surface area contributed by atoms with Gasteiger partial charge in [-0.3, -0.25) is 4.79 Å². The molecule has 0 radical (unpaired) electrons. The quantitative estimate of drug-likeness (QED) is 0.918. The normalized spacial score (nSPS) is 11.3. The van der Waals surface area contributed by atoms with Crippen LogP contribution in [0.4, 0.5) is 18.9 Å². The summed E-state index contributed by atoms with van der Waals surface area (Å²) in [4.78, 5) is 19.8. The van der Waals surface area contributed by atoms with Gasteiger partial charge in [0, 0.05) is 12.5 Å². The fourth-order valence-electron chi connectivity index (χ4n) is 1.47. The highest BCUT2D eigenvalue weighted by Gasteiger charge is 2.29. The molecule has 2 rings (SSSR count). The number of rotatable bonds is 5. The fraction of sp³-hybridized carbons (Fsp3) is 0.308. The number of alkyl halides is 3. The van der Waals surface area contributed by atoms with Crippen molar-refractivity contribution in [2.75, 3.05) is 11.9 Å². The molecule has 0 aromatic carbocycles. The Balaban J connectivity index is 1.96. The summed E-state index contributed by atoms with van der Waals surface area (Å²) in [6, 6.07) is 2.35. The van der Waals surface area contributed by atoms with Crippen molar-refractivity contribution in [1.82, 2.24) is 9.97 Å². The number of carbonyl (C=O) groups excluding carboxylic acids is 1. The van der Waals surface area contributed by atoms with E-state index in [1.807, 2.05) is 6.92 Å². The number of aromatic nitrogens is 2. The first-order valence-corrected chi connectivity index (χ1v) is 6.29. The van der Waals surface area contributed by atoms with Gasteiger partial charge >= 0.3 is 6.18 Å². The predicted molar refractivity (Wildman–Crippen MR) is 69.6 cm³/mol. The molecule has 0 bridgehead atoms. The summed E-state index contributed by atoms with van der Waals surface area (Å²) in [5.41, 5.74) is 0.344.